The lowest BCUT2D eigenvalue weighted by Crippen LogP contribution is -2.52. The predicted octanol–water partition coefficient (Wildman–Crippen LogP) is 2.50. The molecule has 1 aromatic carbocycles. The first-order valence-corrected chi connectivity index (χ1v) is 11.8. The predicted molar refractivity (Wildman–Crippen MR) is 134 cm³/mol. The van der Waals surface area contributed by atoms with E-state index in [9.17, 15) is 14.9 Å². The maximum Gasteiger partial charge on any atom is 0.239 e. The van der Waals surface area contributed by atoms with Crippen LogP contribution in [0.5, 0.6) is 0 Å². The van der Waals surface area contributed by atoms with Crippen LogP contribution in [-0.2, 0) is 16.1 Å². The normalized spacial score (nSPS) is 15.1. The third kappa shape index (κ3) is 6.69. The summed E-state index contributed by atoms with van der Waals surface area (Å²) in [6.45, 7) is 13.9. The van der Waals surface area contributed by atoms with E-state index in [4.69, 9.17) is 0 Å². The Hall–Kier alpha value is -3.15. The summed E-state index contributed by atoms with van der Waals surface area (Å²) in [5.41, 5.74) is 3.23. The summed E-state index contributed by atoms with van der Waals surface area (Å²) in [7, 11) is 0. The van der Waals surface area contributed by atoms with Crippen LogP contribution < -0.4 is 10.6 Å². The van der Waals surface area contributed by atoms with Gasteiger partial charge in [0.2, 0.25) is 11.8 Å². The van der Waals surface area contributed by atoms with Crippen LogP contribution in [-0.4, -0.2) is 71.0 Å². The van der Waals surface area contributed by atoms with Gasteiger partial charge in [-0.05, 0) is 45.7 Å². The van der Waals surface area contributed by atoms with Crippen LogP contribution in [0.1, 0.15) is 43.2 Å². The number of hydrogen-bond donors (Lipinski definition) is 2. The molecule has 0 spiro atoms. The summed E-state index contributed by atoms with van der Waals surface area (Å²) in [5.74, 6) is 0.443. The Labute approximate surface area is 202 Å². The molecule has 2 amide bonds. The minimum Gasteiger partial charge on any atom is -0.350 e. The summed E-state index contributed by atoms with van der Waals surface area (Å²) >= 11 is 0. The van der Waals surface area contributed by atoms with Crippen LogP contribution >= 0.6 is 0 Å². The molecule has 1 aromatic heterocycles. The summed E-state index contributed by atoms with van der Waals surface area (Å²) in [4.78, 5) is 29.3. The van der Waals surface area contributed by atoms with Crippen molar-refractivity contribution >= 4 is 17.6 Å². The molecule has 0 saturated carbocycles. The number of piperazine rings is 1. The molecule has 2 N–H and O–H groups in total. The molecule has 0 radical (unpaired) electrons. The Morgan fingerprint density at radius 2 is 1.53 bits per heavy atom. The highest BCUT2D eigenvalue weighted by molar-refractivity contribution is 5.93. The van der Waals surface area contributed by atoms with E-state index in [2.05, 4.69) is 26.5 Å². The van der Waals surface area contributed by atoms with E-state index in [0.29, 0.717) is 37.6 Å². The van der Waals surface area contributed by atoms with Gasteiger partial charge in [0.05, 0.1) is 18.7 Å². The van der Waals surface area contributed by atoms with E-state index in [0.717, 1.165) is 29.9 Å². The molecule has 0 unspecified atom stereocenters. The van der Waals surface area contributed by atoms with Crippen LogP contribution in [0, 0.1) is 25.2 Å². The van der Waals surface area contributed by atoms with Crippen LogP contribution in [0.15, 0.2) is 30.3 Å². The number of benzene rings is 1. The largest absolute Gasteiger partial charge is 0.350 e. The zero-order valence-electron chi connectivity index (χ0n) is 20.9. The van der Waals surface area contributed by atoms with Gasteiger partial charge in [-0.15, -0.1) is 0 Å². The smallest absolute Gasteiger partial charge is 0.239 e. The Balaban J connectivity index is 1.60. The fraction of sp³-hybridized carbons (Fsp3) is 0.500. The summed E-state index contributed by atoms with van der Waals surface area (Å²) in [6, 6.07) is 12.3. The quantitative estimate of drug-likeness (QED) is 0.657. The second-order valence-electron chi connectivity index (χ2n) is 10.0. The van der Waals surface area contributed by atoms with Crippen molar-refractivity contribution in [2.75, 3.05) is 44.6 Å². The fourth-order valence-electron chi connectivity index (χ4n) is 4.24. The molecular weight excluding hydrogens is 428 g/mol. The summed E-state index contributed by atoms with van der Waals surface area (Å²) in [5, 5.41) is 15.7. The molecule has 3 rings (SSSR count). The monoisotopic (exact) mass is 464 g/mol. The Kier molecular flexibility index (Phi) is 8.13. The average Bonchev–Trinajstić information content (AvgIpc) is 2.98. The number of nitriles is 1. The number of nitrogens with zero attached hydrogens (tertiary/aromatic N) is 4. The van der Waals surface area contributed by atoms with Crippen molar-refractivity contribution in [1.82, 2.24) is 19.7 Å². The minimum absolute atomic E-state index is 0.0210. The van der Waals surface area contributed by atoms with E-state index in [1.165, 1.54) is 0 Å². The van der Waals surface area contributed by atoms with E-state index < -0.39 is 0 Å². The highest BCUT2D eigenvalue weighted by atomic mass is 16.2. The van der Waals surface area contributed by atoms with Gasteiger partial charge in [-0.25, -0.2) is 0 Å². The minimum atomic E-state index is -0.242. The highest BCUT2D eigenvalue weighted by Crippen LogP contribution is 2.27. The molecule has 182 valence electrons. The first-order chi connectivity index (χ1) is 16.1. The first-order valence-electron chi connectivity index (χ1n) is 11.8. The lowest BCUT2D eigenvalue weighted by molar-refractivity contribution is -0.124. The van der Waals surface area contributed by atoms with Gasteiger partial charge in [0.15, 0.2) is 0 Å². The SMILES string of the molecule is Cc1c(C#N)c(NC(=O)CN2CCN(CC(=O)NC(C)(C)C)CC2)n(Cc2ccccc2)c1C. The van der Waals surface area contributed by atoms with E-state index in [-0.39, 0.29) is 23.9 Å². The topological polar surface area (TPSA) is 93.4 Å². The Bertz CT molecular complexity index is 1050. The molecule has 1 aliphatic heterocycles. The van der Waals surface area contributed by atoms with Crippen molar-refractivity contribution in [2.45, 2.75) is 46.7 Å². The Morgan fingerprint density at radius 3 is 2.06 bits per heavy atom. The molecule has 2 heterocycles. The van der Waals surface area contributed by atoms with Gasteiger partial charge in [0.25, 0.3) is 0 Å². The number of rotatable bonds is 7. The molecule has 0 bridgehead atoms. The number of carbonyl (C=O) groups is 2. The van der Waals surface area contributed by atoms with Gasteiger partial charge in [-0.2, -0.15) is 5.26 Å². The zero-order valence-corrected chi connectivity index (χ0v) is 20.9. The molecule has 1 fully saturated rings. The summed E-state index contributed by atoms with van der Waals surface area (Å²) < 4.78 is 2.01. The van der Waals surface area contributed by atoms with Crippen molar-refractivity contribution in [2.24, 2.45) is 0 Å². The average molecular weight is 465 g/mol. The van der Waals surface area contributed by atoms with Gasteiger partial charge in [-0.1, -0.05) is 30.3 Å². The maximum absolute atomic E-state index is 12.9. The van der Waals surface area contributed by atoms with Crippen molar-refractivity contribution in [3.05, 3.63) is 52.7 Å². The zero-order chi connectivity index (χ0) is 24.9. The van der Waals surface area contributed by atoms with Crippen molar-refractivity contribution in [1.29, 1.82) is 5.26 Å². The van der Waals surface area contributed by atoms with Crippen LogP contribution in [0.3, 0.4) is 0 Å². The van der Waals surface area contributed by atoms with Gasteiger partial charge < -0.3 is 15.2 Å². The lowest BCUT2D eigenvalue weighted by atomic mass is 10.1. The third-order valence-electron chi connectivity index (χ3n) is 6.10. The number of hydrogen-bond acceptors (Lipinski definition) is 5. The fourth-order valence-corrected chi connectivity index (χ4v) is 4.24. The molecule has 0 aliphatic carbocycles. The van der Waals surface area contributed by atoms with E-state index >= 15 is 0 Å². The van der Waals surface area contributed by atoms with Gasteiger partial charge in [0, 0.05) is 44.0 Å². The van der Waals surface area contributed by atoms with E-state index in [1.807, 2.05) is 69.5 Å². The third-order valence-corrected chi connectivity index (χ3v) is 6.10. The van der Waals surface area contributed by atoms with Crippen molar-refractivity contribution in [3.63, 3.8) is 0 Å². The standard InChI is InChI=1S/C26H36N6O2/c1-19-20(2)32(16-21-9-7-6-8-10-21)25(22(19)15-27)28-23(33)17-30-11-13-31(14-12-30)18-24(34)29-26(3,4)5/h6-10H,11-14,16-18H2,1-5H3,(H,28,33)(H,29,34). The van der Waals surface area contributed by atoms with Crippen LogP contribution in [0.2, 0.25) is 0 Å². The molecule has 8 heteroatoms. The van der Waals surface area contributed by atoms with Crippen molar-refractivity contribution < 1.29 is 9.59 Å². The molecule has 34 heavy (non-hydrogen) atoms. The maximum atomic E-state index is 12.9. The van der Waals surface area contributed by atoms with Gasteiger partial charge in [0.1, 0.15) is 11.9 Å². The van der Waals surface area contributed by atoms with Gasteiger partial charge >= 0.3 is 0 Å². The number of nitrogens with one attached hydrogen (secondary N) is 2. The van der Waals surface area contributed by atoms with E-state index in [1.54, 1.807) is 0 Å². The number of carbonyl (C=O) groups excluding carboxylic acids is 2. The molecule has 2 aromatic rings. The van der Waals surface area contributed by atoms with Gasteiger partial charge in [-0.3, -0.25) is 19.4 Å². The highest BCUT2D eigenvalue weighted by Gasteiger charge is 2.24. The number of anilines is 1. The second kappa shape index (κ2) is 10.9. The van der Waals surface area contributed by atoms with Crippen LogP contribution in [0.25, 0.3) is 0 Å². The molecule has 0 atom stereocenters. The molecule has 8 nitrogen and oxygen atoms in total. The van der Waals surface area contributed by atoms with Crippen molar-refractivity contribution in [3.8, 4) is 6.07 Å². The molecular formula is C26H36N6O2. The number of aromatic nitrogens is 1. The first kappa shape index (κ1) is 25.5. The molecule has 1 aliphatic rings. The lowest BCUT2D eigenvalue weighted by Gasteiger charge is -2.34. The second-order valence-corrected chi connectivity index (χ2v) is 10.0. The number of amides is 2. The van der Waals surface area contributed by atoms with Crippen LogP contribution in [0.4, 0.5) is 5.82 Å². The summed E-state index contributed by atoms with van der Waals surface area (Å²) in [6.07, 6.45) is 0. The molecule has 1 saturated heterocycles. The Morgan fingerprint density at radius 1 is 0.971 bits per heavy atom.